The third kappa shape index (κ3) is 7.51. The summed E-state index contributed by atoms with van der Waals surface area (Å²) in [6.07, 6.45) is 1.35. The van der Waals surface area contributed by atoms with Crippen LogP contribution in [0, 0.1) is 20.2 Å². The smallest absolute Gasteiger partial charge is 0.271 e. The zero-order valence-electron chi connectivity index (χ0n) is 21.8. The van der Waals surface area contributed by atoms with Crippen LogP contribution in [-0.2, 0) is 21.4 Å². The Balaban J connectivity index is 1.40. The van der Waals surface area contributed by atoms with Crippen LogP contribution in [-0.4, -0.2) is 36.9 Å². The molecule has 214 valence electrons. The fourth-order valence-corrected chi connectivity index (χ4v) is 5.11. The number of ether oxygens (including phenoxy) is 1. The summed E-state index contributed by atoms with van der Waals surface area (Å²) in [5.74, 6) is -0.242. The molecule has 0 unspecified atom stereocenters. The van der Waals surface area contributed by atoms with Crippen LogP contribution in [0.5, 0.6) is 5.75 Å². The number of nitrogens with zero attached hydrogens (tertiary/aromatic N) is 4. The highest BCUT2D eigenvalue weighted by atomic mass is 32.2. The zero-order valence-corrected chi connectivity index (χ0v) is 22.6. The second kappa shape index (κ2) is 13.1. The first-order chi connectivity index (χ1) is 20.1. The van der Waals surface area contributed by atoms with Crippen LogP contribution in [0.4, 0.5) is 17.1 Å². The lowest BCUT2D eigenvalue weighted by atomic mass is 10.2. The van der Waals surface area contributed by atoms with Crippen molar-refractivity contribution in [2.75, 3.05) is 10.8 Å². The summed E-state index contributed by atoms with van der Waals surface area (Å²) in [6.45, 7) is -0.487. The van der Waals surface area contributed by atoms with Crippen molar-refractivity contribution in [2.45, 2.75) is 11.5 Å². The minimum atomic E-state index is -4.25. The van der Waals surface area contributed by atoms with E-state index in [1.165, 1.54) is 60.8 Å². The summed E-state index contributed by atoms with van der Waals surface area (Å²) in [5, 5.41) is 25.9. The van der Waals surface area contributed by atoms with Gasteiger partial charge < -0.3 is 4.74 Å². The van der Waals surface area contributed by atoms with Crippen LogP contribution in [0.25, 0.3) is 0 Å². The van der Waals surface area contributed by atoms with Gasteiger partial charge in [0, 0.05) is 24.3 Å². The standard InChI is InChI=1S/C28H23N5O8S/c34-28(19-31(24-5-4-6-25(17-24)33(37)38)42(39,40)27-7-2-1-3-8-27)30-29-18-21-11-15-26(16-12-21)41-20-22-9-13-23(14-10-22)32(35)36/h1-18H,19-20H2,(H,30,34)/b29-18-. The van der Waals surface area contributed by atoms with Gasteiger partial charge >= 0.3 is 0 Å². The molecular formula is C28H23N5O8S. The van der Waals surface area contributed by atoms with Crippen molar-refractivity contribution in [3.8, 4) is 5.75 Å². The number of nitrogens with one attached hydrogen (secondary N) is 1. The molecule has 0 aliphatic rings. The molecule has 0 aliphatic carbocycles. The Morgan fingerprint density at radius 3 is 2.17 bits per heavy atom. The van der Waals surface area contributed by atoms with Crippen LogP contribution in [0.2, 0.25) is 0 Å². The number of nitro groups is 2. The van der Waals surface area contributed by atoms with E-state index in [1.807, 2.05) is 0 Å². The van der Waals surface area contributed by atoms with Gasteiger partial charge in [0.15, 0.2) is 0 Å². The van der Waals surface area contributed by atoms with Gasteiger partial charge in [-0.05, 0) is 65.7 Å². The highest BCUT2D eigenvalue weighted by Gasteiger charge is 2.28. The first-order valence-corrected chi connectivity index (χ1v) is 13.7. The van der Waals surface area contributed by atoms with E-state index in [2.05, 4.69) is 10.5 Å². The second-order valence-corrected chi connectivity index (χ2v) is 10.5. The zero-order chi connectivity index (χ0) is 30.1. The molecule has 0 radical (unpaired) electrons. The minimum absolute atomic E-state index is 0.0101. The van der Waals surface area contributed by atoms with Gasteiger partial charge in [-0.2, -0.15) is 5.10 Å². The molecule has 1 amide bonds. The lowest BCUT2D eigenvalue weighted by molar-refractivity contribution is -0.385. The molecule has 4 aromatic rings. The predicted molar refractivity (Wildman–Crippen MR) is 154 cm³/mol. The van der Waals surface area contributed by atoms with Crippen molar-refractivity contribution >= 4 is 39.2 Å². The normalized spacial score (nSPS) is 11.1. The van der Waals surface area contributed by atoms with Gasteiger partial charge in [0.25, 0.3) is 27.3 Å². The molecule has 42 heavy (non-hydrogen) atoms. The molecule has 0 bridgehead atoms. The number of carbonyl (C=O) groups excluding carboxylic acids is 1. The third-order valence-corrected chi connectivity index (χ3v) is 7.57. The maximum Gasteiger partial charge on any atom is 0.271 e. The number of hydrogen-bond acceptors (Lipinski definition) is 9. The largest absolute Gasteiger partial charge is 0.489 e. The van der Waals surface area contributed by atoms with Gasteiger partial charge in [0.1, 0.15) is 18.9 Å². The number of amides is 1. The fraction of sp³-hybridized carbons (Fsp3) is 0.0714. The van der Waals surface area contributed by atoms with Gasteiger partial charge in [-0.15, -0.1) is 0 Å². The SMILES string of the molecule is O=C(CN(c1cccc([N+](=O)[O-])c1)S(=O)(=O)c1ccccc1)N/N=C\c1ccc(OCc2ccc([N+](=O)[O-])cc2)cc1. The molecule has 4 rings (SSSR count). The molecule has 0 atom stereocenters. The first-order valence-electron chi connectivity index (χ1n) is 12.2. The molecule has 4 aromatic carbocycles. The Morgan fingerprint density at radius 1 is 0.857 bits per heavy atom. The van der Waals surface area contributed by atoms with Gasteiger partial charge in [-0.25, -0.2) is 13.8 Å². The van der Waals surface area contributed by atoms with Crippen molar-refractivity contribution in [1.82, 2.24) is 5.43 Å². The predicted octanol–water partition coefficient (Wildman–Crippen LogP) is 4.43. The number of benzene rings is 4. The molecule has 0 aromatic heterocycles. The molecule has 1 N–H and O–H groups in total. The Labute approximate surface area is 240 Å². The van der Waals surface area contributed by atoms with Crippen LogP contribution in [0.1, 0.15) is 11.1 Å². The molecular weight excluding hydrogens is 566 g/mol. The van der Waals surface area contributed by atoms with Crippen molar-refractivity contribution in [1.29, 1.82) is 0 Å². The quantitative estimate of drug-likeness (QED) is 0.143. The van der Waals surface area contributed by atoms with Gasteiger partial charge in [0.05, 0.1) is 26.6 Å². The van der Waals surface area contributed by atoms with Crippen LogP contribution >= 0.6 is 0 Å². The molecule has 0 heterocycles. The number of sulfonamides is 1. The monoisotopic (exact) mass is 589 g/mol. The highest BCUT2D eigenvalue weighted by molar-refractivity contribution is 7.92. The number of nitro benzene ring substituents is 2. The summed E-state index contributed by atoms with van der Waals surface area (Å²) in [7, 11) is -4.25. The summed E-state index contributed by atoms with van der Waals surface area (Å²) in [5.41, 5.74) is 3.23. The molecule has 0 fully saturated rings. The highest BCUT2D eigenvalue weighted by Crippen LogP contribution is 2.27. The molecule has 13 nitrogen and oxygen atoms in total. The minimum Gasteiger partial charge on any atom is -0.489 e. The average Bonchev–Trinajstić information content (AvgIpc) is 3.00. The third-order valence-electron chi connectivity index (χ3n) is 5.78. The Hall–Kier alpha value is -5.63. The van der Waals surface area contributed by atoms with Crippen molar-refractivity contribution in [2.24, 2.45) is 5.10 Å². The van der Waals surface area contributed by atoms with E-state index < -0.39 is 32.3 Å². The topological polar surface area (TPSA) is 174 Å². The molecule has 14 heteroatoms. The summed E-state index contributed by atoms with van der Waals surface area (Å²) in [4.78, 5) is 33.5. The number of anilines is 1. The van der Waals surface area contributed by atoms with Crippen LogP contribution in [0.3, 0.4) is 0 Å². The average molecular weight is 590 g/mol. The number of non-ortho nitro benzene ring substituents is 2. The second-order valence-electron chi connectivity index (χ2n) is 8.68. The van der Waals surface area contributed by atoms with Crippen molar-refractivity contribution in [3.63, 3.8) is 0 Å². The number of carbonyl (C=O) groups is 1. The Morgan fingerprint density at radius 2 is 1.52 bits per heavy atom. The van der Waals surface area contributed by atoms with Crippen LogP contribution < -0.4 is 14.5 Å². The van der Waals surface area contributed by atoms with Gasteiger partial charge in [0.2, 0.25) is 0 Å². The number of hydrazone groups is 1. The van der Waals surface area contributed by atoms with E-state index in [1.54, 1.807) is 42.5 Å². The lowest BCUT2D eigenvalue weighted by Gasteiger charge is -2.23. The van der Waals surface area contributed by atoms with Gasteiger partial charge in [-0.1, -0.05) is 24.3 Å². The first kappa shape index (κ1) is 29.4. The molecule has 0 saturated carbocycles. The Kier molecular flexibility index (Phi) is 9.19. The Bertz CT molecular complexity index is 1710. The maximum absolute atomic E-state index is 13.4. The van der Waals surface area contributed by atoms with Crippen molar-refractivity contribution in [3.05, 3.63) is 134 Å². The summed E-state index contributed by atoms with van der Waals surface area (Å²) in [6, 6.07) is 25.1. The van der Waals surface area contributed by atoms with Crippen molar-refractivity contribution < 1.29 is 27.8 Å². The summed E-state index contributed by atoms with van der Waals surface area (Å²) < 4.78 is 33.2. The lowest BCUT2D eigenvalue weighted by Crippen LogP contribution is -2.39. The van der Waals surface area contributed by atoms with E-state index in [-0.39, 0.29) is 28.6 Å². The van der Waals surface area contributed by atoms with Crippen LogP contribution in [0.15, 0.2) is 113 Å². The van der Waals surface area contributed by atoms with E-state index in [4.69, 9.17) is 4.74 Å². The number of rotatable bonds is 12. The molecule has 0 saturated heterocycles. The molecule has 0 spiro atoms. The van der Waals surface area contributed by atoms with E-state index in [0.717, 1.165) is 15.9 Å². The summed E-state index contributed by atoms with van der Waals surface area (Å²) >= 11 is 0. The van der Waals surface area contributed by atoms with E-state index in [0.29, 0.717) is 11.3 Å². The van der Waals surface area contributed by atoms with Gasteiger partial charge in [-0.3, -0.25) is 29.3 Å². The maximum atomic E-state index is 13.4. The number of hydrogen-bond donors (Lipinski definition) is 1. The fourth-order valence-electron chi connectivity index (χ4n) is 3.67. The molecule has 0 aliphatic heterocycles. The van der Waals surface area contributed by atoms with E-state index >= 15 is 0 Å². The van der Waals surface area contributed by atoms with E-state index in [9.17, 15) is 33.4 Å².